The molecule has 1 N–H and O–H groups in total. The van der Waals surface area contributed by atoms with Gasteiger partial charge in [0.05, 0.1) is 18.2 Å². The highest BCUT2D eigenvalue weighted by molar-refractivity contribution is 5.47. The average molecular weight is 213 g/mol. The summed E-state index contributed by atoms with van der Waals surface area (Å²) in [6, 6.07) is 9.37. The second-order valence-electron chi connectivity index (χ2n) is 3.34. The third-order valence-corrected chi connectivity index (χ3v) is 2.27. The lowest BCUT2D eigenvalue weighted by molar-refractivity contribution is 0.712. The van der Waals surface area contributed by atoms with Crippen LogP contribution >= 0.6 is 0 Å². The van der Waals surface area contributed by atoms with Crippen molar-refractivity contribution in [1.29, 1.82) is 5.26 Å². The topological polar surface area (TPSA) is 66.5 Å². The van der Waals surface area contributed by atoms with E-state index in [9.17, 15) is 0 Å². The van der Waals surface area contributed by atoms with E-state index in [1.807, 2.05) is 19.2 Å². The molecule has 2 rings (SSSR count). The fourth-order valence-corrected chi connectivity index (χ4v) is 1.32. The van der Waals surface area contributed by atoms with E-state index in [0.29, 0.717) is 12.1 Å². The summed E-state index contributed by atoms with van der Waals surface area (Å²) in [5.41, 5.74) is 1.62. The molecular weight excluding hydrogens is 202 g/mol. The molecule has 0 saturated heterocycles. The molecule has 5 heteroatoms. The molecule has 0 saturated carbocycles. The summed E-state index contributed by atoms with van der Waals surface area (Å²) in [6.07, 6.45) is 1.52. The Morgan fingerprint density at radius 3 is 2.69 bits per heavy atom. The molecular formula is C11H11N5. The van der Waals surface area contributed by atoms with Gasteiger partial charge in [-0.1, -0.05) is 0 Å². The number of nitrogens with one attached hydrogen (secondary N) is 1. The van der Waals surface area contributed by atoms with Gasteiger partial charge in [-0.05, 0) is 24.3 Å². The Bertz CT molecular complexity index is 506. The van der Waals surface area contributed by atoms with Gasteiger partial charge in [0.2, 0.25) is 0 Å². The molecule has 1 aromatic heterocycles. The Hall–Kier alpha value is -2.35. The van der Waals surface area contributed by atoms with Crippen molar-refractivity contribution in [2.75, 3.05) is 5.32 Å². The highest BCUT2D eigenvalue weighted by Gasteiger charge is 1.99. The molecule has 0 unspecified atom stereocenters. The maximum atomic E-state index is 8.65. The molecule has 0 amide bonds. The van der Waals surface area contributed by atoms with Gasteiger partial charge in [0.15, 0.2) is 0 Å². The number of anilines is 1. The number of rotatable bonds is 3. The Morgan fingerprint density at radius 1 is 1.38 bits per heavy atom. The van der Waals surface area contributed by atoms with E-state index >= 15 is 0 Å². The normalized spacial score (nSPS) is 9.75. The third kappa shape index (κ3) is 2.17. The number of aryl methyl sites for hydroxylation is 1. The molecule has 1 aromatic carbocycles. The van der Waals surface area contributed by atoms with E-state index in [1.165, 1.54) is 6.33 Å². The number of nitriles is 1. The molecule has 1 heterocycles. The highest BCUT2D eigenvalue weighted by atomic mass is 15.3. The summed E-state index contributed by atoms with van der Waals surface area (Å²) in [4.78, 5) is 4.10. The van der Waals surface area contributed by atoms with Crippen molar-refractivity contribution in [3.05, 3.63) is 42.0 Å². The van der Waals surface area contributed by atoms with Gasteiger partial charge in [-0.25, -0.2) is 4.98 Å². The van der Waals surface area contributed by atoms with Crippen molar-refractivity contribution in [2.24, 2.45) is 7.05 Å². The van der Waals surface area contributed by atoms with Gasteiger partial charge in [-0.2, -0.15) is 10.4 Å². The van der Waals surface area contributed by atoms with E-state index in [1.54, 1.807) is 16.8 Å². The molecule has 0 radical (unpaired) electrons. The van der Waals surface area contributed by atoms with Crippen LogP contribution in [-0.4, -0.2) is 14.8 Å². The largest absolute Gasteiger partial charge is 0.378 e. The van der Waals surface area contributed by atoms with Crippen molar-refractivity contribution >= 4 is 5.69 Å². The lowest BCUT2D eigenvalue weighted by atomic mass is 10.2. The summed E-state index contributed by atoms with van der Waals surface area (Å²) >= 11 is 0. The van der Waals surface area contributed by atoms with E-state index in [4.69, 9.17) is 5.26 Å². The smallest absolute Gasteiger partial charge is 0.145 e. The summed E-state index contributed by atoms with van der Waals surface area (Å²) < 4.78 is 1.72. The summed E-state index contributed by atoms with van der Waals surface area (Å²) in [6.45, 7) is 0.613. The summed E-state index contributed by atoms with van der Waals surface area (Å²) in [5, 5.41) is 15.8. The highest BCUT2D eigenvalue weighted by Crippen LogP contribution is 2.09. The van der Waals surface area contributed by atoms with E-state index in [2.05, 4.69) is 21.5 Å². The van der Waals surface area contributed by atoms with Gasteiger partial charge in [0, 0.05) is 12.7 Å². The van der Waals surface area contributed by atoms with Crippen molar-refractivity contribution in [3.63, 3.8) is 0 Å². The first-order chi connectivity index (χ1) is 7.79. The molecule has 16 heavy (non-hydrogen) atoms. The quantitative estimate of drug-likeness (QED) is 0.834. The molecule has 0 aliphatic carbocycles. The lowest BCUT2D eigenvalue weighted by Gasteiger charge is -2.05. The second kappa shape index (κ2) is 4.45. The van der Waals surface area contributed by atoms with Crippen molar-refractivity contribution in [3.8, 4) is 6.07 Å². The van der Waals surface area contributed by atoms with Gasteiger partial charge in [0.1, 0.15) is 12.2 Å². The minimum Gasteiger partial charge on any atom is -0.378 e. The zero-order valence-electron chi connectivity index (χ0n) is 8.88. The Morgan fingerprint density at radius 2 is 2.12 bits per heavy atom. The van der Waals surface area contributed by atoms with Crippen molar-refractivity contribution < 1.29 is 0 Å². The van der Waals surface area contributed by atoms with Crippen LogP contribution in [0.3, 0.4) is 0 Å². The molecule has 0 aliphatic heterocycles. The molecule has 5 nitrogen and oxygen atoms in total. The third-order valence-electron chi connectivity index (χ3n) is 2.27. The van der Waals surface area contributed by atoms with Gasteiger partial charge < -0.3 is 5.32 Å². The van der Waals surface area contributed by atoms with E-state index in [0.717, 1.165) is 11.5 Å². The van der Waals surface area contributed by atoms with Gasteiger partial charge in [-0.3, -0.25) is 4.68 Å². The first-order valence-electron chi connectivity index (χ1n) is 4.86. The minimum absolute atomic E-state index is 0.613. The first kappa shape index (κ1) is 10.2. The molecule has 2 aromatic rings. The van der Waals surface area contributed by atoms with Crippen LogP contribution in [0.15, 0.2) is 30.6 Å². The first-order valence-corrected chi connectivity index (χ1v) is 4.86. The van der Waals surface area contributed by atoms with Gasteiger partial charge in [-0.15, -0.1) is 0 Å². The number of aromatic nitrogens is 3. The molecule has 0 atom stereocenters. The fourth-order valence-electron chi connectivity index (χ4n) is 1.32. The maximum Gasteiger partial charge on any atom is 0.145 e. The Balaban J connectivity index is 2.00. The van der Waals surface area contributed by atoms with Gasteiger partial charge >= 0.3 is 0 Å². The molecule has 0 bridgehead atoms. The Labute approximate surface area is 93.4 Å². The maximum absolute atomic E-state index is 8.65. The van der Waals surface area contributed by atoms with E-state index in [-0.39, 0.29) is 0 Å². The average Bonchev–Trinajstić information content (AvgIpc) is 2.73. The second-order valence-corrected chi connectivity index (χ2v) is 3.34. The number of hydrogen-bond acceptors (Lipinski definition) is 4. The van der Waals surface area contributed by atoms with Crippen molar-refractivity contribution in [2.45, 2.75) is 6.54 Å². The van der Waals surface area contributed by atoms with Crippen LogP contribution in [0.1, 0.15) is 11.4 Å². The number of nitrogens with zero attached hydrogens (tertiary/aromatic N) is 4. The molecule has 0 spiro atoms. The molecule has 0 fully saturated rings. The van der Waals surface area contributed by atoms with Crippen LogP contribution in [-0.2, 0) is 13.6 Å². The summed E-state index contributed by atoms with van der Waals surface area (Å²) in [5.74, 6) is 0.865. The predicted molar refractivity (Wildman–Crippen MR) is 59.5 cm³/mol. The lowest BCUT2D eigenvalue weighted by Crippen LogP contribution is -2.06. The van der Waals surface area contributed by atoms with Crippen molar-refractivity contribution in [1.82, 2.24) is 14.8 Å². The SMILES string of the molecule is Cn1ncnc1CNc1ccc(C#N)cc1. The number of benzene rings is 1. The predicted octanol–water partition coefficient (Wildman–Crippen LogP) is 1.30. The van der Waals surface area contributed by atoms with Crippen LogP contribution in [0.25, 0.3) is 0 Å². The zero-order chi connectivity index (χ0) is 11.4. The number of hydrogen-bond donors (Lipinski definition) is 1. The van der Waals surface area contributed by atoms with Crippen LogP contribution in [0.2, 0.25) is 0 Å². The fraction of sp³-hybridized carbons (Fsp3) is 0.182. The standard InChI is InChI=1S/C11H11N5/c1-16-11(14-8-15-16)7-13-10-4-2-9(6-12)3-5-10/h2-5,8,13H,7H2,1H3. The van der Waals surface area contributed by atoms with Crippen LogP contribution < -0.4 is 5.32 Å². The van der Waals surface area contributed by atoms with Crippen LogP contribution in [0.5, 0.6) is 0 Å². The molecule has 80 valence electrons. The van der Waals surface area contributed by atoms with E-state index < -0.39 is 0 Å². The van der Waals surface area contributed by atoms with Crippen LogP contribution in [0.4, 0.5) is 5.69 Å². The summed E-state index contributed by atoms with van der Waals surface area (Å²) in [7, 11) is 1.85. The monoisotopic (exact) mass is 213 g/mol. The Kier molecular flexibility index (Phi) is 2.83. The van der Waals surface area contributed by atoms with Gasteiger partial charge in [0.25, 0.3) is 0 Å². The zero-order valence-corrected chi connectivity index (χ0v) is 8.88. The van der Waals surface area contributed by atoms with Crippen LogP contribution in [0, 0.1) is 11.3 Å². The minimum atomic E-state index is 0.613. The molecule has 0 aliphatic rings.